The fourth-order valence-corrected chi connectivity index (χ4v) is 0.924. The molecule has 2 heteroatoms. The molecule has 0 unspecified atom stereocenters. The lowest BCUT2D eigenvalue weighted by Crippen LogP contribution is -1.86. The molecule has 1 aromatic rings. The quantitative estimate of drug-likeness (QED) is 0.677. The van der Waals surface area contributed by atoms with E-state index in [4.69, 9.17) is 0 Å². The Labute approximate surface area is 61.7 Å². The standard InChI is InChI=1S/C8H13N2/c1-3-4-5-8-7(2)6-9-10-8/h6H,1,3-5H2,2H3,(H,9,10). The summed E-state index contributed by atoms with van der Waals surface area (Å²) in [7, 11) is 0. The van der Waals surface area contributed by atoms with Crippen LogP contribution >= 0.6 is 0 Å². The molecular weight excluding hydrogens is 124 g/mol. The minimum Gasteiger partial charge on any atom is -0.285 e. The van der Waals surface area contributed by atoms with E-state index in [0.29, 0.717) is 0 Å². The van der Waals surface area contributed by atoms with Gasteiger partial charge < -0.3 is 0 Å². The summed E-state index contributed by atoms with van der Waals surface area (Å²) < 4.78 is 0. The third kappa shape index (κ3) is 1.59. The van der Waals surface area contributed by atoms with E-state index >= 15 is 0 Å². The normalized spacial score (nSPS) is 10.2. The lowest BCUT2D eigenvalue weighted by Gasteiger charge is -1.93. The molecule has 0 fully saturated rings. The predicted molar refractivity (Wildman–Crippen MR) is 41.6 cm³/mol. The molecule has 0 saturated carbocycles. The molecule has 0 amide bonds. The predicted octanol–water partition coefficient (Wildman–Crippen LogP) is 1.87. The van der Waals surface area contributed by atoms with Gasteiger partial charge in [0.2, 0.25) is 0 Å². The van der Waals surface area contributed by atoms with Crippen molar-refractivity contribution >= 4 is 0 Å². The van der Waals surface area contributed by atoms with E-state index in [9.17, 15) is 0 Å². The molecule has 0 aromatic carbocycles. The zero-order valence-corrected chi connectivity index (χ0v) is 6.35. The molecular formula is C8H13N2. The second-order valence-corrected chi connectivity index (χ2v) is 2.47. The maximum Gasteiger partial charge on any atom is 0.0651 e. The first-order chi connectivity index (χ1) is 4.84. The van der Waals surface area contributed by atoms with Crippen molar-refractivity contribution in [2.75, 3.05) is 0 Å². The largest absolute Gasteiger partial charge is 0.285 e. The van der Waals surface area contributed by atoms with Gasteiger partial charge in [-0.2, -0.15) is 5.10 Å². The Morgan fingerprint density at radius 3 is 3.00 bits per heavy atom. The van der Waals surface area contributed by atoms with Gasteiger partial charge in [-0.25, -0.2) is 0 Å². The number of aromatic amines is 1. The first kappa shape index (κ1) is 7.32. The smallest absolute Gasteiger partial charge is 0.0651 e. The number of aromatic nitrogens is 2. The van der Waals surface area contributed by atoms with Crippen LogP contribution in [0.1, 0.15) is 24.1 Å². The molecule has 1 radical (unpaired) electrons. The molecule has 1 aromatic heterocycles. The molecule has 0 aliphatic heterocycles. The molecule has 2 nitrogen and oxygen atoms in total. The van der Waals surface area contributed by atoms with Gasteiger partial charge in [-0.1, -0.05) is 13.3 Å². The maximum atomic E-state index is 4.10. The van der Waals surface area contributed by atoms with Gasteiger partial charge >= 0.3 is 0 Å². The Balaban J connectivity index is 2.49. The average molecular weight is 137 g/mol. The molecule has 0 aliphatic rings. The molecule has 1 N–H and O–H groups in total. The van der Waals surface area contributed by atoms with Gasteiger partial charge in [0.25, 0.3) is 0 Å². The van der Waals surface area contributed by atoms with E-state index in [1.54, 1.807) is 0 Å². The summed E-state index contributed by atoms with van der Waals surface area (Å²) in [5, 5.41) is 6.94. The minimum absolute atomic E-state index is 0.992. The number of nitrogens with zero attached hydrogens (tertiary/aromatic N) is 1. The number of hydrogen-bond donors (Lipinski definition) is 1. The van der Waals surface area contributed by atoms with Crippen molar-refractivity contribution in [1.82, 2.24) is 10.2 Å². The Hall–Kier alpha value is -0.790. The minimum atomic E-state index is 0.992. The highest BCUT2D eigenvalue weighted by Crippen LogP contribution is 2.05. The fraction of sp³-hybridized carbons (Fsp3) is 0.500. The number of H-pyrrole nitrogens is 1. The van der Waals surface area contributed by atoms with E-state index in [1.807, 2.05) is 6.20 Å². The zero-order valence-electron chi connectivity index (χ0n) is 6.35. The van der Waals surface area contributed by atoms with E-state index in [-0.39, 0.29) is 0 Å². The molecule has 0 saturated heterocycles. The molecule has 0 atom stereocenters. The van der Waals surface area contributed by atoms with Crippen molar-refractivity contribution in [2.45, 2.75) is 26.2 Å². The second-order valence-electron chi connectivity index (χ2n) is 2.47. The van der Waals surface area contributed by atoms with Gasteiger partial charge in [0.15, 0.2) is 0 Å². The van der Waals surface area contributed by atoms with Crippen molar-refractivity contribution in [3.63, 3.8) is 0 Å². The highest BCUT2D eigenvalue weighted by Gasteiger charge is 1.98. The Bertz CT molecular complexity index is 191. The summed E-state index contributed by atoms with van der Waals surface area (Å²) in [4.78, 5) is 0. The number of aryl methyl sites for hydroxylation is 2. The highest BCUT2D eigenvalue weighted by atomic mass is 15.1. The first-order valence-corrected chi connectivity index (χ1v) is 3.63. The van der Waals surface area contributed by atoms with Crippen LogP contribution in [0.2, 0.25) is 0 Å². The van der Waals surface area contributed by atoms with Crippen LogP contribution in [0.4, 0.5) is 0 Å². The summed E-state index contributed by atoms with van der Waals surface area (Å²) in [6, 6.07) is 0. The van der Waals surface area contributed by atoms with Crippen LogP contribution in [0, 0.1) is 13.8 Å². The summed E-state index contributed by atoms with van der Waals surface area (Å²) in [6.45, 7) is 5.85. The van der Waals surface area contributed by atoms with Crippen molar-refractivity contribution in [3.8, 4) is 0 Å². The molecule has 1 rings (SSSR count). The summed E-state index contributed by atoms with van der Waals surface area (Å²) >= 11 is 0. The van der Waals surface area contributed by atoms with E-state index in [2.05, 4.69) is 24.0 Å². The van der Waals surface area contributed by atoms with Gasteiger partial charge in [0.05, 0.1) is 5.69 Å². The summed E-state index contributed by atoms with van der Waals surface area (Å²) in [5.41, 5.74) is 2.44. The fourth-order valence-electron chi connectivity index (χ4n) is 0.924. The van der Waals surface area contributed by atoms with Gasteiger partial charge in [-0.05, 0) is 25.3 Å². The lowest BCUT2D eigenvalue weighted by atomic mass is 10.1. The summed E-state index contributed by atoms with van der Waals surface area (Å²) in [6.07, 6.45) is 5.11. The molecule has 0 spiro atoms. The topological polar surface area (TPSA) is 28.7 Å². The molecule has 1 heterocycles. The van der Waals surface area contributed by atoms with Crippen LogP contribution in [0.5, 0.6) is 0 Å². The monoisotopic (exact) mass is 137 g/mol. The third-order valence-corrected chi connectivity index (χ3v) is 1.60. The first-order valence-electron chi connectivity index (χ1n) is 3.63. The third-order valence-electron chi connectivity index (χ3n) is 1.60. The van der Waals surface area contributed by atoms with Crippen molar-refractivity contribution < 1.29 is 0 Å². The van der Waals surface area contributed by atoms with Crippen LogP contribution < -0.4 is 0 Å². The number of nitrogens with one attached hydrogen (secondary N) is 1. The molecule has 0 aliphatic carbocycles. The average Bonchev–Trinajstić information content (AvgIpc) is 2.31. The number of hydrogen-bond acceptors (Lipinski definition) is 1. The van der Waals surface area contributed by atoms with Crippen LogP contribution in [-0.2, 0) is 6.42 Å². The zero-order chi connectivity index (χ0) is 7.40. The van der Waals surface area contributed by atoms with Crippen LogP contribution in [0.3, 0.4) is 0 Å². The molecule has 10 heavy (non-hydrogen) atoms. The van der Waals surface area contributed by atoms with Crippen molar-refractivity contribution in [2.24, 2.45) is 0 Å². The number of rotatable bonds is 3. The lowest BCUT2D eigenvalue weighted by molar-refractivity contribution is 0.804. The number of unbranched alkanes of at least 4 members (excludes halogenated alkanes) is 1. The van der Waals surface area contributed by atoms with Gasteiger partial charge in [-0.3, -0.25) is 5.10 Å². The summed E-state index contributed by atoms with van der Waals surface area (Å²) in [5.74, 6) is 0. The SMILES string of the molecule is [CH2]CCCc1n[nH]cc1C. The van der Waals surface area contributed by atoms with Gasteiger partial charge in [-0.15, -0.1) is 0 Å². The van der Waals surface area contributed by atoms with Crippen molar-refractivity contribution in [1.29, 1.82) is 0 Å². The second kappa shape index (κ2) is 3.40. The Morgan fingerprint density at radius 2 is 2.50 bits per heavy atom. The highest BCUT2D eigenvalue weighted by molar-refractivity contribution is 5.13. The van der Waals surface area contributed by atoms with E-state index < -0.39 is 0 Å². The van der Waals surface area contributed by atoms with Crippen LogP contribution in [0.25, 0.3) is 0 Å². The van der Waals surface area contributed by atoms with Crippen LogP contribution in [-0.4, -0.2) is 10.2 Å². The van der Waals surface area contributed by atoms with E-state index in [1.165, 1.54) is 11.3 Å². The van der Waals surface area contributed by atoms with E-state index in [0.717, 1.165) is 19.3 Å². The van der Waals surface area contributed by atoms with Crippen molar-refractivity contribution in [3.05, 3.63) is 24.4 Å². The molecule has 55 valence electrons. The Morgan fingerprint density at radius 1 is 1.70 bits per heavy atom. The van der Waals surface area contributed by atoms with Crippen LogP contribution in [0.15, 0.2) is 6.20 Å². The molecule has 0 bridgehead atoms. The Kier molecular flexibility index (Phi) is 2.49. The van der Waals surface area contributed by atoms with Gasteiger partial charge in [0.1, 0.15) is 0 Å². The maximum absolute atomic E-state index is 4.10. The van der Waals surface area contributed by atoms with Gasteiger partial charge in [0, 0.05) is 6.20 Å².